The topological polar surface area (TPSA) is 63.9 Å². The first-order valence-corrected chi connectivity index (χ1v) is 4.10. The van der Waals surface area contributed by atoms with Crippen LogP contribution in [0.3, 0.4) is 0 Å². The largest absolute Gasteiger partial charge is 0.506 e. The molecule has 0 spiro atoms. The maximum Gasteiger partial charge on any atom is 0.174 e. The molecule has 14 heavy (non-hydrogen) atoms. The molecule has 0 bridgehead atoms. The zero-order valence-corrected chi connectivity index (χ0v) is 8.09. The number of phenols is 2. The highest BCUT2D eigenvalue weighted by Crippen LogP contribution is 2.37. The van der Waals surface area contributed by atoms with Crippen molar-refractivity contribution in [3.63, 3.8) is 0 Å². The molecule has 4 nitrogen and oxygen atoms in total. The molecule has 78 valence electrons. The number of hydroxylamine groups is 2. The second-order valence-electron chi connectivity index (χ2n) is 2.84. The monoisotopic (exact) mass is 221 g/mol. The van der Waals surface area contributed by atoms with E-state index in [9.17, 15) is 9.50 Å². The van der Waals surface area contributed by atoms with E-state index in [2.05, 4.69) is 0 Å². The van der Waals surface area contributed by atoms with E-state index in [0.717, 1.165) is 11.1 Å². The predicted octanol–water partition coefficient (Wildman–Crippen LogP) is 1.71. The molecule has 0 aliphatic rings. The molecule has 0 atom stereocenters. The van der Waals surface area contributed by atoms with E-state index in [-0.39, 0.29) is 12.1 Å². The third kappa shape index (κ3) is 2.06. The molecular formula is C8H9ClFNO3. The lowest BCUT2D eigenvalue weighted by molar-refractivity contribution is -0.0736. The Hall–Kier alpha value is -1.04. The van der Waals surface area contributed by atoms with E-state index in [1.807, 2.05) is 0 Å². The van der Waals surface area contributed by atoms with Crippen molar-refractivity contribution in [2.24, 2.45) is 0 Å². The quantitative estimate of drug-likeness (QED) is 0.666. The first kappa shape index (κ1) is 11.0. The molecule has 6 heteroatoms. The van der Waals surface area contributed by atoms with Gasteiger partial charge < -0.3 is 15.4 Å². The number of halogens is 2. The van der Waals surface area contributed by atoms with E-state index in [0.29, 0.717) is 0 Å². The molecule has 0 heterocycles. The first-order valence-electron chi connectivity index (χ1n) is 3.72. The van der Waals surface area contributed by atoms with Crippen LogP contribution in [0.25, 0.3) is 0 Å². The summed E-state index contributed by atoms with van der Waals surface area (Å²) in [6.07, 6.45) is 0. The highest BCUT2D eigenvalue weighted by atomic mass is 35.5. The van der Waals surface area contributed by atoms with Crippen LogP contribution in [-0.2, 0) is 6.54 Å². The van der Waals surface area contributed by atoms with Gasteiger partial charge in [0.05, 0.1) is 6.54 Å². The lowest BCUT2D eigenvalue weighted by Gasteiger charge is -2.11. The zero-order chi connectivity index (χ0) is 10.9. The average Bonchev–Trinajstić information content (AvgIpc) is 2.10. The van der Waals surface area contributed by atoms with Crippen molar-refractivity contribution in [2.45, 2.75) is 6.54 Å². The van der Waals surface area contributed by atoms with Crippen LogP contribution < -0.4 is 0 Å². The molecule has 0 unspecified atom stereocenters. The van der Waals surface area contributed by atoms with Crippen molar-refractivity contribution in [2.75, 3.05) is 7.05 Å². The smallest absolute Gasteiger partial charge is 0.174 e. The van der Waals surface area contributed by atoms with Crippen LogP contribution in [0.4, 0.5) is 4.39 Å². The summed E-state index contributed by atoms with van der Waals surface area (Å²) in [5, 5.41) is 27.5. The molecule has 0 fully saturated rings. The number of hydrogen-bond acceptors (Lipinski definition) is 4. The van der Waals surface area contributed by atoms with Gasteiger partial charge in [0.15, 0.2) is 11.6 Å². The Morgan fingerprint density at radius 3 is 2.50 bits per heavy atom. The minimum absolute atomic E-state index is 0.0929. The molecule has 0 aromatic heterocycles. The Kier molecular flexibility index (Phi) is 3.15. The fraction of sp³-hybridized carbons (Fsp3) is 0.250. The van der Waals surface area contributed by atoms with Gasteiger partial charge in [0.25, 0.3) is 0 Å². The summed E-state index contributed by atoms with van der Waals surface area (Å²) in [6, 6.07) is 0.906. The minimum Gasteiger partial charge on any atom is -0.506 e. The van der Waals surface area contributed by atoms with Gasteiger partial charge in [-0.15, -0.1) is 0 Å². The summed E-state index contributed by atoms with van der Waals surface area (Å²) in [5.74, 6) is -2.18. The van der Waals surface area contributed by atoms with E-state index >= 15 is 0 Å². The fourth-order valence-electron chi connectivity index (χ4n) is 1.01. The van der Waals surface area contributed by atoms with Gasteiger partial charge in [-0.05, 0) is 6.07 Å². The molecule has 1 rings (SSSR count). The van der Waals surface area contributed by atoms with Crippen molar-refractivity contribution in [3.8, 4) is 11.5 Å². The molecule has 0 aliphatic carbocycles. The number of phenolic OH excluding ortho intramolecular Hbond substituents is 2. The van der Waals surface area contributed by atoms with Crippen LogP contribution in [0.15, 0.2) is 6.07 Å². The second kappa shape index (κ2) is 4.00. The Bertz CT molecular complexity index is 357. The molecule has 0 saturated carbocycles. The highest BCUT2D eigenvalue weighted by molar-refractivity contribution is 6.33. The summed E-state index contributed by atoms with van der Waals surface area (Å²) in [4.78, 5) is 0. The van der Waals surface area contributed by atoms with Gasteiger partial charge in [-0.1, -0.05) is 11.6 Å². The Labute approximate surface area is 84.7 Å². The Balaban J connectivity index is 3.19. The van der Waals surface area contributed by atoms with Gasteiger partial charge in [-0.3, -0.25) is 0 Å². The summed E-state index contributed by atoms with van der Waals surface area (Å²) in [5.41, 5.74) is 0.0929. The molecule has 1 aromatic rings. The fourth-order valence-corrected chi connectivity index (χ4v) is 1.23. The third-order valence-electron chi connectivity index (χ3n) is 1.65. The van der Waals surface area contributed by atoms with Gasteiger partial charge in [-0.25, -0.2) is 4.39 Å². The van der Waals surface area contributed by atoms with Gasteiger partial charge in [0.1, 0.15) is 10.8 Å². The van der Waals surface area contributed by atoms with Crippen molar-refractivity contribution >= 4 is 11.6 Å². The average molecular weight is 222 g/mol. The number of benzene rings is 1. The van der Waals surface area contributed by atoms with Gasteiger partial charge in [0, 0.05) is 12.6 Å². The SMILES string of the molecule is CN(O)Cc1cc(F)c(O)c(Cl)c1O. The summed E-state index contributed by atoms with van der Waals surface area (Å²) in [6.45, 7) is -0.0945. The highest BCUT2D eigenvalue weighted by Gasteiger charge is 2.16. The Morgan fingerprint density at radius 2 is 2.00 bits per heavy atom. The standard InChI is InChI=1S/C8H9ClFNO3/c1-11(14)3-4-2-5(10)8(13)6(9)7(4)12/h2,12-14H,3H2,1H3. The van der Waals surface area contributed by atoms with Crippen molar-refractivity contribution in [3.05, 3.63) is 22.5 Å². The molecule has 0 saturated heterocycles. The molecule has 0 amide bonds. The minimum atomic E-state index is -0.940. The maximum absolute atomic E-state index is 12.9. The van der Waals surface area contributed by atoms with Gasteiger partial charge in [0.2, 0.25) is 0 Å². The van der Waals surface area contributed by atoms with Gasteiger partial charge >= 0.3 is 0 Å². The van der Waals surface area contributed by atoms with Crippen LogP contribution in [-0.4, -0.2) is 27.5 Å². The normalized spacial score (nSPS) is 10.9. The molecule has 0 radical (unpaired) electrons. The van der Waals surface area contributed by atoms with E-state index in [1.54, 1.807) is 0 Å². The van der Waals surface area contributed by atoms with Crippen molar-refractivity contribution < 1.29 is 19.8 Å². The summed E-state index contributed by atoms with van der Waals surface area (Å²) in [7, 11) is 1.33. The predicted molar refractivity (Wildman–Crippen MR) is 48.0 cm³/mol. The summed E-state index contributed by atoms with van der Waals surface area (Å²) >= 11 is 5.43. The van der Waals surface area contributed by atoms with Crippen LogP contribution in [0.5, 0.6) is 11.5 Å². The van der Waals surface area contributed by atoms with E-state index < -0.39 is 22.3 Å². The van der Waals surface area contributed by atoms with Crippen molar-refractivity contribution in [1.82, 2.24) is 5.06 Å². The Morgan fingerprint density at radius 1 is 1.43 bits per heavy atom. The molecule has 0 aliphatic heterocycles. The van der Waals surface area contributed by atoms with Crippen LogP contribution in [0, 0.1) is 5.82 Å². The number of rotatable bonds is 2. The first-order chi connectivity index (χ1) is 6.43. The van der Waals surface area contributed by atoms with E-state index in [4.69, 9.17) is 21.9 Å². The number of aromatic hydroxyl groups is 2. The zero-order valence-electron chi connectivity index (χ0n) is 7.33. The number of nitrogens with zero attached hydrogens (tertiary/aromatic N) is 1. The third-order valence-corrected chi connectivity index (χ3v) is 2.00. The van der Waals surface area contributed by atoms with Crippen LogP contribution in [0.1, 0.15) is 5.56 Å². The molecule has 3 N–H and O–H groups in total. The van der Waals surface area contributed by atoms with Crippen molar-refractivity contribution in [1.29, 1.82) is 0 Å². The summed E-state index contributed by atoms with van der Waals surface area (Å²) < 4.78 is 12.9. The van der Waals surface area contributed by atoms with Gasteiger partial charge in [-0.2, -0.15) is 5.06 Å². The van der Waals surface area contributed by atoms with E-state index in [1.165, 1.54) is 7.05 Å². The lowest BCUT2D eigenvalue weighted by atomic mass is 10.2. The second-order valence-corrected chi connectivity index (χ2v) is 3.22. The lowest BCUT2D eigenvalue weighted by Crippen LogP contribution is -2.12. The van der Waals surface area contributed by atoms with Crippen LogP contribution in [0.2, 0.25) is 5.02 Å². The molecule has 1 aromatic carbocycles. The molecular weight excluding hydrogens is 213 g/mol. The number of hydrogen-bond donors (Lipinski definition) is 3. The maximum atomic E-state index is 12.9. The van der Waals surface area contributed by atoms with Crippen LogP contribution >= 0.6 is 11.6 Å².